The number of nitrogens with one attached hydrogen (secondary N) is 1. The fourth-order valence-electron chi connectivity index (χ4n) is 1.57. The van der Waals surface area contributed by atoms with Crippen LogP contribution in [0.5, 0.6) is 5.75 Å². The summed E-state index contributed by atoms with van der Waals surface area (Å²) >= 11 is 0. The normalized spacial score (nSPS) is 13.6. The van der Waals surface area contributed by atoms with Crippen molar-refractivity contribution in [3.63, 3.8) is 0 Å². The van der Waals surface area contributed by atoms with Gasteiger partial charge in [0, 0.05) is 16.0 Å². The lowest BCUT2D eigenvalue weighted by Gasteiger charge is -2.12. The van der Waals surface area contributed by atoms with E-state index in [9.17, 15) is 9.00 Å². The van der Waals surface area contributed by atoms with Crippen molar-refractivity contribution in [1.29, 1.82) is 0 Å². The van der Waals surface area contributed by atoms with Crippen LogP contribution >= 0.6 is 0 Å². The van der Waals surface area contributed by atoms with Crippen molar-refractivity contribution in [3.05, 3.63) is 24.3 Å². The highest BCUT2D eigenvalue weighted by molar-refractivity contribution is 7.86. The summed E-state index contributed by atoms with van der Waals surface area (Å²) in [6.07, 6.45) is 0.647. The molecule has 1 aromatic rings. The maximum atomic E-state index is 11.9. The third-order valence-electron chi connectivity index (χ3n) is 2.68. The van der Waals surface area contributed by atoms with Crippen molar-refractivity contribution in [2.75, 3.05) is 24.7 Å². The zero-order valence-corrected chi connectivity index (χ0v) is 12.0. The first-order valence-electron chi connectivity index (χ1n) is 6.08. The zero-order chi connectivity index (χ0) is 14.3. The van der Waals surface area contributed by atoms with Crippen LogP contribution in [-0.4, -0.2) is 34.8 Å². The van der Waals surface area contributed by atoms with Crippen molar-refractivity contribution in [2.45, 2.75) is 18.6 Å². The number of nitrogens with two attached hydrogens (primary N) is 1. The number of carbonyl (C=O) groups is 1. The third-order valence-corrected chi connectivity index (χ3v) is 4.36. The Morgan fingerprint density at radius 3 is 2.79 bits per heavy atom. The quantitative estimate of drug-likeness (QED) is 0.786. The number of hydrogen-bond donors (Lipinski definition) is 2. The van der Waals surface area contributed by atoms with Crippen LogP contribution < -0.4 is 15.8 Å². The number of anilines is 1. The molecule has 0 bridgehead atoms. The summed E-state index contributed by atoms with van der Waals surface area (Å²) < 4.78 is 17.0. The van der Waals surface area contributed by atoms with Gasteiger partial charge in [-0.15, -0.1) is 0 Å². The van der Waals surface area contributed by atoms with Gasteiger partial charge < -0.3 is 15.8 Å². The van der Waals surface area contributed by atoms with Crippen LogP contribution in [0.15, 0.2) is 24.3 Å². The fourth-order valence-corrected chi connectivity index (χ4v) is 2.59. The SMILES string of the molecule is COc1ccccc1NC(=O)CS(=O)C(C)CCN. The molecule has 1 rings (SSSR count). The molecule has 0 aliphatic carbocycles. The van der Waals surface area contributed by atoms with Crippen molar-refractivity contribution < 1.29 is 13.7 Å². The second-order valence-electron chi connectivity index (χ2n) is 4.16. The van der Waals surface area contributed by atoms with Crippen LogP contribution in [0.4, 0.5) is 5.69 Å². The highest BCUT2D eigenvalue weighted by atomic mass is 32.2. The van der Waals surface area contributed by atoms with E-state index in [0.29, 0.717) is 24.4 Å². The molecule has 0 radical (unpaired) electrons. The molecule has 1 amide bonds. The van der Waals surface area contributed by atoms with E-state index in [4.69, 9.17) is 10.5 Å². The minimum atomic E-state index is -1.21. The van der Waals surface area contributed by atoms with E-state index in [-0.39, 0.29) is 16.9 Å². The number of para-hydroxylation sites is 2. The molecule has 0 aliphatic rings. The lowest BCUT2D eigenvalue weighted by molar-refractivity contribution is -0.113. The predicted molar refractivity (Wildman–Crippen MR) is 77.8 cm³/mol. The Balaban J connectivity index is 2.58. The van der Waals surface area contributed by atoms with Crippen molar-refractivity contribution in [2.24, 2.45) is 5.73 Å². The first-order valence-corrected chi connectivity index (χ1v) is 7.46. The van der Waals surface area contributed by atoms with E-state index >= 15 is 0 Å². The minimum Gasteiger partial charge on any atom is -0.495 e. The molecule has 0 heterocycles. The average Bonchev–Trinajstić information content (AvgIpc) is 2.39. The molecule has 0 saturated carbocycles. The van der Waals surface area contributed by atoms with Crippen LogP contribution in [0, 0.1) is 0 Å². The van der Waals surface area contributed by atoms with E-state index in [0.717, 1.165) is 0 Å². The molecule has 2 unspecified atom stereocenters. The maximum Gasteiger partial charge on any atom is 0.237 e. The first-order chi connectivity index (χ1) is 9.08. The number of carbonyl (C=O) groups excluding carboxylic acids is 1. The third kappa shape index (κ3) is 5.00. The van der Waals surface area contributed by atoms with Crippen LogP contribution in [0.2, 0.25) is 0 Å². The molecule has 0 spiro atoms. The second-order valence-corrected chi connectivity index (χ2v) is 6.02. The zero-order valence-electron chi connectivity index (χ0n) is 11.2. The monoisotopic (exact) mass is 284 g/mol. The fraction of sp³-hybridized carbons (Fsp3) is 0.462. The van der Waals surface area contributed by atoms with Crippen LogP contribution in [0.1, 0.15) is 13.3 Å². The Morgan fingerprint density at radius 1 is 1.47 bits per heavy atom. The summed E-state index contributed by atoms with van der Waals surface area (Å²) in [4.78, 5) is 11.8. The molecule has 2 atom stereocenters. The molecule has 6 heteroatoms. The standard InChI is InChI=1S/C13H20N2O3S/c1-10(7-8-14)19(17)9-13(16)15-11-5-3-4-6-12(11)18-2/h3-6,10H,7-9,14H2,1-2H3,(H,15,16). The highest BCUT2D eigenvalue weighted by Crippen LogP contribution is 2.22. The molecule has 0 aromatic heterocycles. The molecule has 0 fully saturated rings. The molecule has 3 N–H and O–H groups in total. The smallest absolute Gasteiger partial charge is 0.237 e. The van der Waals surface area contributed by atoms with Gasteiger partial charge in [0.25, 0.3) is 0 Å². The summed E-state index contributed by atoms with van der Waals surface area (Å²) in [6, 6.07) is 7.11. The summed E-state index contributed by atoms with van der Waals surface area (Å²) in [5, 5.41) is 2.63. The number of rotatable bonds is 7. The summed E-state index contributed by atoms with van der Waals surface area (Å²) in [6.45, 7) is 2.31. The highest BCUT2D eigenvalue weighted by Gasteiger charge is 2.15. The maximum absolute atomic E-state index is 11.9. The van der Waals surface area contributed by atoms with Crippen LogP contribution in [0.3, 0.4) is 0 Å². The number of ether oxygens (including phenoxy) is 1. The van der Waals surface area contributed by atoms with E-state index in [1.165, 1.54) is 7.11 Å². The lowest BCUT2D eigenvalue weighted by Crippen LogP contribution is -2.26. The van der Waals surface area contributed by atoms with Crippen molar-refractivity contribution >= 4 is 22.4 Å². The molecule has 1 aromatic carbocycles. The van der Waals surface area contributed by atoms with Gasteiger partial charge >= 0.3 is 0 Å². The van der Waals surface area contributed by atoms with Gasteiger partial charge in [0.2, 0.25) is 5.91 Å². The van der Waals surface area contributed by atoms with E-state index < -0.39 is 10.8 Å². The van der Waals surface area contributed by atoms with Gasteiger partial charge in [-0.1, -0.05) is 19.1 Å². The van der Waals surface area contributed by atoms with Gasteiger partial charge in [-0.3, -0.25) is 9.00 Å². The summed E-state index contributed by atoms with van der Waals surface area (Å²) in [5.74, 6) is 0.266. The summed E-state index contributed by atoms with van der Waals surface area (Å²) in [7, 11) is 0.324. The Labute approximate surface area is 116 Å². The predicted octanol–water partition coefficient (Wildman–Crippen LogP) is 1.12. The Kier molecular flexibility index (Phi) is 6.52. The lowest BCUT2D eigenvalue weighted by atomic mass is 10.3. The van der Waals surface area contributed by atoms with E-state index in [2.05, 4.69) is 5.32 Å². The largest absolute Gasteiger partial charge is 0.495 e. The molecule has 5 nitrogen and oxygen atoms in total. The number of benzene rings is 1. The molecular weight excluding hydrogens is 264 g/mol. The van der Waals surface area contributed by atoms with Crippen molar-refractivity contribution in [3.8, 4) is 5.75 Å². The van der Waals surface area contributed by atoms with Gasteiger partial charge in [-0.05, 0) is 25.1 Å². The van der Waals surface area contributed by atoms with E-state index in [1.807, 2.05) is 13.0 Å². The molecule has 19 heavy (non-hydrogen) atoms. The number of amides is 1. The van der Waals surface area contributed by atoms with Gasteiger partial charge in [0.05, 0.1) is 12.8 Å². The van der Waals surface area contributed by atoms with Crippen molar-refractivity contribution in [1.82, 2.24) is 0 Å². The number of hydrogen-bond acceptors (Lipinski definition) is 4. The summed E-state index contributed by atoms with van der Waals surface area (Å²) in [5.41, 5.74) is 5.99. The number of methoxy groups -OCH3 is 1. The Hall–Kier alpha value is -1.40. The van der Waals surface area contributed by atoms with Crippen LogP contribution in [0.25, 0.3) is 0 Å². The van der Waals surface area contributed by atoms with E-state index in [1.54, 1.807) is 18.2 Å². The average molecular weight is 284 g/mol. The van der Waals surface area contributed by atoms with Crippen LogP contribution in [-0.2, 0) is 15.6 Å². The first kappa shape index (κ1) is 15.7. The topological polar surface area (TPSA) is 81.4 Å². The molecule has 106 valence electrons. The van der Waals surface area contributed by atoms with Gasteiger partial charge in [-0.25, -0.2) is 0 Å². The molecule has 0 saturated heterocycles. The van der Waals surface area contributed by atoms with Gasteiger partial charge in [0.15, 0.2) is 0 Å². The van der Waals surface area contributed by atoms with Gasteiger partial charge in [-0.2, -0.15) is 0 Å². The minimum absolute atomic E-state index is 0.0286. The molecular formula is C13H20N2O3S. The second kappa shape index (κ2) is 7.91. The Morgan fingerprint density at radius 2 is 2.16 bits per heavy atom. The van der Waals surface area contributed by atoms with Gasteiger partial charge in [0.1, 0.15) is 11.5 Å². The molecule has 0 aliphatic heterocycles. The Bertz CT molecular complexity index is 451.